The summed E-state index contributed by atoms with van der Waals surface area (Å²) in [6, 6.07) is 14.5. The number of carboxylic acids is 1. The van der Waals surface area contributed by atoms with E-state index in [1.54, 1.807) is 36.4 Å². The average molecular weight is 490 g/mol. The first-order valence-electron chi connectivity index (χ1n) is 10.2. The van der Waals surface area contributed by atoms with Crippen molar-refractivity contribution in [3.8, 4) is 0 Å². The topological polar surface area (TPSA) is 150 Å². The summed E-state index contributed by atoms with van der Waals surface area (Å²) in [6.45, 7) is 0. The van der Waals surface area contributed by atoms with Crippen LogP contribution in [-0.4, -0.2) is 37.6 Å². The maximum absolute atomic E-state index is 12.0. The van der Waals surface area contributed by atoms with Crippen molar-refractivity contribution >= 4 is 64.2 Å². The molecule has 174 valence electrons. The molecule has 5 rings (SSSR count). The number of carbonyl (C=O) groups excluding carboxylic acids is 2. The third-order valence-corrected chi connectivity index (χ3v) is 5.23. The fourth-order valence-electron chi connectivity index (χ4n) is 3.46. The van der Waals surface area contributed by atoms with Gasteiger partial charge in [0, 0.05) is 28.0 Å². The molecule has 1 aliphatic heterocycles. The van der Waals surface area contributed by atoms with Crippen molar-refractivity contribution in [3.63, 3.8) is 0 Å². The number of carbonyl (C=O) groups is 3. The molecule has 2 aromatic heterocycles. The third-order valence-electron chi connectivity index (χ3n) is 5.00. The van der Waals surface area contributed by atoms with Gasteiger partial charge in [0.15, 0.2) is 5.65 Å². The molecule has 0 spiro atoms. The fraction of sp³-hybridized carbons (Fsp3) is 0. The first-order chi connectivity index (χ1) is 16.9. The highest BCUT2D eigenvalue weighted by molar-refractivity contribution is 6.30. The molecule has 0 radical (unpaired) electrons. The number of hydrogen-bond acceptors (Lipinski definition) is 7. The minimum absolute atomic E-state index is 0.0589. The zero-order chi connectivity index (χ0) is 24.5. The number of halogens is 1. The minimum Gasteiger partial charge on any atom is -0.478 e. The van der Waals surface area contributed by atoms with Crippen LogP contribution in [0.4, 0.5) is 27.8 Å². The maximum atomic E-state index is 12.0. The van der Waals surface area contributed by atoms with Crippen LogP contribution in [0.3, 0.4) is 0 Å². The van der Waals surface area contributed by atoms with Crippen LogP contribution in [0.2, 0.25) is 5.02 Å². The molecule has 35 heavy (non-hydrogen) atoms. The van der Waals surface area contributed by atoms with E-state index in [9.17, 15) is 19.5 Å². The van der Waals surface area contributed by atoms with E-state index in [0.29, 0.717) is 39.2 Å². The second kappa shape index (κ2) is 8.80. The summed E-state index contributed by atoms with van der Waals surface area (Å²) in [5, 5.41) is 25.1. The van der Waals surface area contributed by atoms with Gasteiger partial charge in [-0.15, -0.1) is 0 Å². The molecule has 4 aromatic rings. The van der Waals surface area contributed by atoms with Crippen molar-refractivity contribution in [1.82, 2.24) is 25.2 Å². The summed E-state index contributed by atoms with van der Waals surface area (Å²) < 4.78 is 1.50. The number of hydrogen-bond donors (Lipinski definition) is 5. The van der Waals surface area contributed by atoms with Gasteiger partial charge in [0.1, 0.15) is 17.3 Å². The van der Waals surface area contributed by atoms with Gasteiger partial charge in [-0.3, -0.25) is 10.1 Å². The number of nitrogens with one attached hydrogen (secondary N) is 4. The Morgan fingerprint density at radius 1 is 1.03 bits per heavy atom. The van der Waals surface area contributed by atoms with Gasteiger partial charge in [-0.25, -0.2) is 14.6 Å². The van der Waals surface area contributed by atoms with Crippen LogP contribution in [0, 0.1) is 0 Å². The number of aromatic carboxylic acids is 1. The highest BCUT2D eigenvalue weighted by Gasteiger charge is 2.24. The average Bonchev–Trinajstić information content (AvgIpc) is 3.36. The van der Waals surface area contributed by atoms with Crippen molar-refractivity contribution < 1.29 is 19.5 Å². The van der Waals surface area contributed by atoms with Gasteiger partial charge < -0.3 is 21.1 Å². The summed E-state index contributed by atoms with van der Waals surface area (Å²) >= 11 is 6.10. The fourth-order valence-corrected chi connectivity index (χ4v) is 3.65. The first kappa shape index (κ1) is 21.9. The molecule has 3 amide bonds. The molecule has 1 saturated heterocycles. The van der Waals surface area contributed by atoms with Crippen molar-refractivity contribution in [2.75, 3.05) is 10.6 Å². The summed E-state index contributed by atoms with van der Waals surface area (Å²) in [5.41, 5.74) is 2.22. The lowest BCUT2D eigenvalue weighted by atomic mass is 10.2. The predicted octanol–water partition coefficient (Wildman–Crippen LogP) is 3.75. The molecule has 1 aliphatic rings. The molecule has 11 nitrogen and oxygen atoms in total. The number of anilines is 4. The van der Waals surface area contributed by atoms with Gasteiger partial charge in [0.2, 0.25) is 0 Å². The molecular weight excluding hydrogens is 474 g/mol. The van der Waals surface area contributed by atoms with Crippen LogP contribution < -0.4 is 21.3 Å². The van der Waals surface area contributed by atoms with E-state index in [1.807, 2.05) is 6.07 Å². The molecule has 0 saturated carbocycles. The number of benzene rings is 2. The van der Waals surface area contributed by atoms with Crippen molar-refractivity contribution in [1.29, 1.82) is 0 Å². The summed E-state index contributed by atoms with van der Waals surface area (Å²) in [4.78, 5) is 39.5. The molecule has 1 fully saturated rings. The Morgan fingerprint density at radius 3 is 2.51 bits per heavy atom. The first-order valence-corrected chi connectivity index (χ1v) is 10.6. The number of nitrogens with zero attached hydrogens (tertiary/aromatic N) is 3. The molecule has 0 unspecified atom stereocenters. The Hall–Kier alpha value is -4.90. The zero-order valence-corrected chi connectivity index (χ0v) is 18.5. The van der Waals surface area contributed by atoms with Gasteiger partial charge in [0.25, 0.3) is 5.91 Å². The minimum atomic E-state index is -1.05. The normalized spacial score (nSPS) is 14.1. The summed E-state index contributed by atoms with van der Waals surface area (Å²) in [7, 11) is 0. The second-order valence-electron chi connectivity index (χ2n) is 7.47. The highest BCUT2D eigenvalue weighted by Crippen LogP contribution is 2.27. The van der Waals surface area contributed by atoms with Gasteiger partial charge in [-0.1, -0.05) is 23.7 Å². The molecule has 0 atom stereocenters. The molecular formula is C23H16ClN7O4. The van der Waals surface area contributed by atoms with E-state index in [4.69, 9.17) is 11.6 Å². The van der Waals surface area contributed by atoms with Gasteiger partial charge >= 0.3 is 12.0 Å². The van der Waals surface area contributed by atoms with E-state index in [-0.39, 0.29) is 11.3 Å². The van der Waals surface area contributed by atoms with E-state index in [1.165, 1.54) is 28.9 Å². The van der Waals surface area contributed by atoms with Crippen LogP contribution >= 0.6 is 11.6 Å². The number of amides is 3. The molecule has 12 heteroatoms. The van der Waals surface area contributed by atoms with Gasteiger partial charge in [0.05, 0.1) is 11.8 Å². The largest absolute Gasteiger partial charge is 0.478 e. The van der Waals surface area contributed by atoms with Crippen molar-refractivity contribution in [2.45, 2.75) is 0 Å². The van der Waals surface area contributed by atoms with Crippen LogP contribution in [0.15, 0.2) is 66.5 Å². The van der Waals surface area contributed by atoms with Crippen molar-refractivity contribution in [3.05, 3.63) is 82.6 Å². The number of fused-ring (bicyclic) bond motifs is 1. The molecule has 0 bridgehead atoms. The lowest BCUT2D eigenvalue weighted by molar-refractivity contribution is -0.115. The molecule has 3 heterocycles. The van der Waals surface area contributed by atoms with Crippen LogP contribution in [-0.2, 0) is 4.79 Å². The molecule has 0 aliphatic carbocycles. The van der Waals surface area contributed by atoms with Crippen LogP contribution in [0.25, 0.3) is 11.7 Å². The lowest BCUT2D eigenvalue weighted by Crippen LogP contribution is -2.22. The van der Waals surface area contributed by atoms with Crippen LogP contribution in [0.5, 0.6) is 0 Å². The maximum Gasteiger partial charge on any atom is 0.335 e. The molecule has 2 aromatic carbocycles. The zero-order valence-electron chi connectivity index (χ0n) is 17.7. The van der Waals surface area contributed by atoms with Crippen LogP contribution in [0.1, 0.15) is 15.9 Å². The monoisotopic (exact) mass is 489 g/mol. The quantitative estimate of drug-likeness (QED) is 0.203. The Morgan fingerprint density at radius 2 is 1.80 bits per heavy atom. The SMILES string of the molecule is O=C1NC(=O)/C(=C/c2cnn3c(Nc4cccc(C(=O)O)c4)cc(Nc4cccc(Cl)c4)nc23)N1. The number of urea groups is 1. The van der Waals surface area contributed by atoms with E-state index < -0.39 is 17.9 Å². The number of imide groups is 1. The summed E-state index contributed by atoms with van der Waals surface area (Å²) in [6.07, 6.45) is 2.96. The van der Waals surface area contributed by atoms with Gasteiger partial charge in [-0.2, -0.15) is 9.61 Å². The van der Waals surface area contributed by atoms with E-state index >= 15 is 0 Å². The number of aromatic nitrogens is 3. The Kier molecular flexibility index (Phi) is 5.51. The number of rotatable bonds is 6. The Labute approximate surface area is 202 Å². The smallest absolute Gasteiger partial charge is 0.335 e. The standard InChI is InChI=1S/C23H16ClN7O4/c24-14-4-2-6-16(9-14)26-18-10-19(27-15-5-1-3-12(7-15)22(33)34)31-20(29-18)13(11-25-31)8-17-21(32)30-23(35)28-17/h1-11,27H,(H,26,29)(H,33,34)(H2,28,30,32,35)/b17-8-. The van der Waals surface area contributed by atoms with Gasteiger partial charge in [-0.05, 0) is 42.5 Å². The lowest BCUT2D eigenvalue weighted by Gasteiger charge is -2.13. The number of carboxylic acid groups (broad SMARTS) is 1. The Bertz CT molecular complexity index is 1550. The molecule has 5 N–H and O–H groups in total. The Balaban J connectivity index is 1.60. The summed E-state index contributed by atoms with van der Waals surface area (Å²) in [5.74, 6) is -0.726. The van der Waals surface area contributed by atoms with E-state index in [2.05, 4.69) is 31.3 Å². The second-order valence-corrected chi connectivity index (χ2v) is 7.91. The third kappa shape index (κ3) is 4.61. The van der Waals surface area contributed by atoms with E-state index in [0.717, 1.165) is 0 Å². The van der Waals surface area contributed by atoms with Crippen molar-refractivity contribution in [2.24, 2.45) is 0 Å². The highest BCUT2D eigenvalue weighted by atomic mass is 35.5. The predicted molar refractivity (Wildman–Crippen MR) is 129 cm³/mol.